The summed E-state index contributed by atoms with van der Waals surface area (Å²) < 4.78 is 0.868. The van der Waals surface area contributed by atoms with Crippen molar-refractivity contribution < 1.29 is 14.4 Å². The lowest BCUT2D eigenvalue weighted by atomic mass is 10.1. The Balaban J connectivity index is 1.82. The van der Waals surface area contributed by atoms with Crippen LogP contribution in [-0.2, 0) is 9.59 Å². The third kappa shape index (κ3) is 3.78. The number of halogens is 1. The van der Waals surface area contributed by atoms with Gasteiger partial charge in [-0.25, -0.2) is 4.79 Å². The molecule has 1 aromatic carbocycles. The van der Waals surface area contributed by atoms with E-state index in [0.29, 0.717) is 5.69 Å². The van der Waals surface area contributed by atoms with E-state index in [1.54, 1.807) is 12.1 Å². The van der Waals surface area contributed by atoms with E-state index in [9.17, 15) is 14.4 Å². The minimum atomic E-state index is -0.624. The highest BCUT2D eigenvalue weighted by Gasteiger charge is 2.29. The van der Waals surface area contributed by atoms with E-state index in [4.69, 9.17) is 0 Å². The molecule has 0 radical (unpaired) electrons. The second-order valence-electron chi connectivity index (χ2n) is 4.11. The third-order valence-corrected chi connectivity index (χ3v) is 3.12. The standard InChI is InChI=1S/C12H12BrN3O3/c13-7-2-1-3-8(6-7)14-10(17)5-4-9-11(18)16-12(19)15-9/h1-3,6,9H,4-5H2,(H,14,17)(H2,15,16,18,19)/t9-/m1/s1. The maximum Gasteiger partial charge on any atom is 0.322 e. The number of urea groups is 1. The highest BCUT2D eigenvalue weighted by molar-refractivity contribution is 9.10. The van der Waals surface area contributed by atoms with Gasteiger partial charge in [0.2, 0.25) is 5.91 Å². The molecule has 0 spiro atoms. The van der Waals surface area contributed by atoms with Crippen LogP contribution in [0.3, 0.4) is 0 Å². The summed E-state index contributed by atoms with van der Waals surface area (Å²) in [4.78, 5) is 33.9. The molecule has 2 rings (SSSR count). The third-order valence-electron chi connectivity index (χ3n) is 2.63. The molecular formula is C12H12BrN3O3. The monoisotopic (exact) mass is 325 g/mol. The van der Waals surface area contributed by atoms with Crippen molar-refractivity contribution in [3.8, 4) is 0 Å². The lowest BCUT2D eigenvalue weighted by Gasteiger charge is -2.08. The number of carbonyl (C=O) groups is 3. The van der Waals surface area contributed by atoms with E-state index in [0.717, 1.165) is 4.47 Å². The fourth-order valence-corrected chi connectivity index (χ4v) is 2.13. The van der Waals surface area contributed by atoms with Gasteiger partial charge in [-0.2, -0.15) is 0 Å². The molecule has 100 valence electrons. The first kappa shape index (κ1) is 13.5. The largest absolute Gasteiger partial charge is 0.326 e. The van der Waals surface area contributed by atoms with Crippen LogP contribution >= 0.6 is 15.9 Å². The number of hydrogen-bond acceptors (Lipinski definition) is 3. The Kier molecular flexibility index (Phi) is 4.16. The average molecular weight is 326 g/mol. The SMILES string of the molecule is O=C(CC[C@H]1NC(=O)NC1=O)Nc1cccc(Br)c1. The molecule has 4 amide bonds. The normalized spacial score (nSPS) is 17.8. The molecule has 3 N–H and O–H groups in total. The van der Waals surface area contributed by atoms with Crippen molar-refractivity contribution in [1.29, 1.82) is 0 Å². The summed E-state index contributed by atoms with van der Waals surface area (Å²) in [6.45, 7) is 0. The Morgan fingerprint density at radius 1 is 1.37 bits per heavy atom. The Bertz CT molecular complexity index is 533. The van der Waals surface area contributed by atoms with Crippen LogP contribution in [-0.4, -0.2) is 23.9 Å². The van der Waals surface area contributed by atoms with Crippen LogP contribution < -0.4 is 16.0 Å². The van der Waals surface area contributed by atoms with Crippen molar-refractivity contribution in [2.75, 3.05) is 5.32 Å². The summed E-state index contributed by atoms with van der Waals surface area (Å²) >= 11 is 3.31. The molecule has 1 heterocycles. The molecule has 1 aliphatic rings. The fraction of sp³-hybridized carbons (Fsp3) is 0.250. The first-order chi connectivity index (χ1) is 9.04. The molecule has 1 aromatic rings. The van der Waals surface area contributed by atoms with Crippen molar-refractivity contribution in [3.05, 3.63) is 28.7 Å². The van der Waals surface area contributed by atoms with Gasteiger partial charge in [-0.15, -0.1) is 0 Å². The van der Waals surface area contributed by atoms with Crippen LogP contribution in [0.25, 0.3) is 0 Å². The van der Waals surface area contributed by atoms with Gasteiger partial charge in [-0.1, -0.05) is 22.0 Å². The highest BCUT2D eigenvalue weighted by Crippen LogP contribution is 2.16. The molecule has 0 aliphatic carbocycles. The minimum Gasteiger partial charge on any atom is -0.326 e. The number of anilines is 1. The number of carbonyl (C=O) groups excluding carboxylic acids is 3. The van der Waals surface area contributed by atoms with Crippen LogP contribution in [0.4, 0.5) is 10.5 Å². The average Bonchev–Trinajstić information content (AvgIpc) is 2.65. The number of amides is 4. The van der Waals surface area contributed by atoms with Gasteiger partial charge in [0.25, 0.3) is 5.91 Å². The molecule has 1 saturated heterocycles. The molecule has 1 fully saturated rings. The van der Waals surface area contributed by atoms with Crippen molar-refractivity contribution in [2.24, 2.45) is 0 Å². The topological polar surface area (TPSA) is 87.3 Å². The van der Waals surface area contributed by atoms with Crippen LogP contribution in [0.15, 0.2) is 28.7 Å². The molecule has 0 aromatic heterocycles. The zero-order valence-corrected chi connectivity index (χ0v) is 11.5. The number of rotatable bonds is 4. The van der Waals surface area contributed by atoms with Gasteiger partial charge in [0.05, 0.1) is 0 Å². The summed E-state index contributed by atoms with van der Waals surface area (Å²) in [7, 11) is 0. The summed E-state index contributed by atoms with van der Waals surface area (Å²) in [6, 6.07) is 6.08. The maximum atomic E-state index is 11.7. The van der Waals surface area contributed by atoms with E-state index >= 15 is 0 Å². The first-order valence-electron chi connectivity index (χ1n) is 5.71. The van der Waals surface area contributed by atoms with Crippen molar-refractivity contribution in [3.63, 3.8) is 0 Å². The van der Waals surface area contributed by atoms with Crippen LogP contribution in [0, 0.1) is 0 Å². The highest BCUT2D eigenvalue weighted by atomic mass is 79.9. The number of imide groups is 1. The van der Waals surface area contributed by atoms with Crippen LogP contribution in [0.5, 0.6) is 0 Å². The number of nitrogens with one attached hydrogen (secondary N) is 3. The van der Waals surface area contributed by atoms with Crippen molar-refractivity contribution in [2.45, 2.75) is 18.9 Å². The minimum absolute atomic E-state index is 0.158. The zero-order valence-electron chi connectivity index (χ0n) is 9.90. The quantitative estimate of drug-likeness (QED) is 0.731. The van der Waals surface area contributed by atoms with Crippen LogP contribution in [0.2, 0.25) is 0 Å². The first-order valence-corrected chi connectivity index (χ1v) is 6.50. The maximum absolute atomic E-state index is 11.7. The molecule has 1 aliphatic heterocycles. The Labute approximate surface area is 118 Å². The molecule has 19 heavy (non-hydrogen) atoms. The predicted molar refractivity (Wildman–Crippen MR) is 72.5 cm³/mol. The Hall–Kier alpha value is -1.89. The molecule has 6 nitrogen and oxygen atoms in total. The number of hydrogen-bond donors (Lipinski definition) is 3. The van der Waals surface area contributed by atoms with Gasteiger partial charge in [0.1, 0.15) is 6.04 Å². The van der Waals surface area contributed by atoms with Gasteiger partial charge in [-0.3, -0.25) is 14.9 Å². The van der Waals surface area contributed by atoms with Crippen molar-refractivity contribution >= 4 is 39.5 Å². The molecule has 0 saturated carbocycles. The molecule has 1 atom stereocenters. The molecule has 7 heteroatoms. The summed E-state index contributed by atoms with van der Waals surface area (Å²) in [5.74, 6) is -0.590. The second kappa shape index (κ2) is 5.83. The van der Waals surface area contributed by atoms with Gasteiger partial charge in [-0.05, 0) is 24.6 Å². The Morgan fingerprint density at radius 3 is 2.79 bits per heavy atom. The summed E-state index contributed by atoms with van der Waals surface area (Å²) in [5.41, 5.74) is 0.680. The summed E-state index contributed by atoms with van der Waals surface area (Å²) in [6.07, 6.45) is 0.433. The van der Waals surface area contributed by atoms with Gasteiger partial charge < -0.3 is 10.6 Å². The van der Waals surface area contributed by atoms with Crippen LogP contribution in [0.1, 0.15) is 12.8 Å². The van der Waals surface area contributed by atoms with Crippen molar-refractivity contribution in [1.82, 2.24) is 10.6 Å². The summed E-state index contributed by atoms with van der Waals surface area (Å²) in [5, 5.41) is 7.29. The van der Waals surface area contributed by atoms with E-state index < -0.39 is 12.1 Å². The van der Waals surface area contributed by atoms with E-state index in [-0.39, 0.29) is 24.7 Å². The van der Waals surface area contributed by atoms with Gasteiger partial charge in [0.15, 0.2) is 0 Å². The molecule has 0 unspecified atom stereocenters. The van der Waals surface area contributed by atoms with Gasteiger partial charge in [0, 0.05) is 16.6 Å². The zero-order chi connectivity index (χ0) is 13.8. The molecular weight excluding hydrogens is 314 g/mol. The van der Waals surface area contributed by atoms with E-state index in [2.05, 4.69) is 31.9 Å². The predicted octanol–water partition coefficient (Wildman–Crippen LogP) is 1.38. The van der Waals surface area contributed by atoms with E-state index in [1.807, 2.05) is 12.1 Å². The Morgan fingerprint density at radius 2 is 2.16 bits per heavy atom. The smallest absolute Gasteiger partial charge is 0.322 e. The van der Waals surface area contributed by atoms with E-state index in [1.165, 1.54) is 0 Å². The lowest BCUT2D eigenvalue weighted by Crippen LogP contribution is -2.30. The second-order valence-corrected chi connectivity index (χ2v) is 5.03. The molecule has 0 bridgehead atoms. The van der Waals surface area contributed by atoms with Gasteiger partial charge >= 0.3 is 6.03 Å². The lowest BCUT2D eigenvalue weighted by molar-refractivity contribution is -0.120. The number of benzene rings is 1. The fourth-order valence-electron chi connectivity index (χ4n) is 1.73.